The standard InChI is InChI=1S/C14H20N6O2S/c1-8-10(6-11(21)15-7-12(22)19(3)4)9(2)20-13(16-8)17-14(18-20)23-5/h6-7H2,1-5H3,(H,15,21). The summed E-state index contributed by atoms with van der Waals surface area (Å²) in [6.07, 6.45) is 2.04. The van der Waals surface area contributed by atoms with E-state index in [1.165, 1.54) is 16.7 Å². The first-order valence-corrected chi connectivity index (χ1v) is 8.29. The fourth-order valence-electron chi connectivity index (χ4n) is 2.09. The number of aromatic nitrogens is 4. The van der Waals surface area contributed by atoms with Crippen LogP contribution in [0.15, 0.2) is 5.16 Å². The SMILES string of the molecule is CSc1nc2nc(C)c(CC(=O)NCC(=O)N(C)C)c(C)n2n1. The largest absolute Gasteiger partial charge is 0.347 e. The van der Waals surface area contributed by atoms with Crippen molar-refractivity contribution >= 4 is 29.4 Å². The number of nitrogens with one attached hydrogen (secondary N) is 1. The molecule has 2 aromatic heterocycles. The molecule has 23 heavy (non-hydrogen) atoms. The summed E-state index contributed by atoms with van der Waals surface area (Å²) in [5.74, 6) is 0.148. The average Bonchev–Trinajstić information content (AvgIpc) is 2.92. The summed E-state index contributed by atoms with van der Waals surface area (Å²) in [6.45, 7) is 3.71. The van der Waals surface area contributed by atoms with E-state index in [2.05, 4.69) is 20.4 Å². The van der Waals surface area contributed by atoms with Gasteiger partial charge in [-0.05, 0) is 20.1 Å². The minimum Gasteiger partial charge on any atom is -0.347 e. The number of rotatable bonds is 5. The molecule has 0 radical (unpaired) electrons. The van der Waals surface area contributed by atoms with E-state index in [-0.39, 0.29) is 24.8 Å². The summed E-state index contributed by atoms with van der Waals surface area (Å²) >= 11 is 1.44. The molecule has 0 aromatic carbocycles. The number of hydrogen-bond donors (Lipinski definition) is 1. The number of aryl methyl sites for hydroxylation is 2. The highest BCUT2D eigenvalue weighted by Crippen LogP contribution is 2.17. The molecule has 0 aliphatic carbocycles. The van der Waals surface area contributed by atoms with Crippen molar-refractivity contribution in [2.24, 2.45) is 0 Å². The van der Waals surface area contributed by atoms with E-state index in [0.29, 0.717) is 10.9 Å². The van der Waals surface area contributed by atoms with Gasteiger partial charge in [0.25, 0.3) is 5.78 Å². The van der Waals surface area contributed by atoms with Crippen molar-refractivity contribution < 1.29 is 9.59 Å². The van der Waals surface area contributed by atoms with Gasteiger partial charge in [0.1, 0.15) is 0 Å². The Morgan fingerprint density at radius 1 is 1.26 bits per heavy atom. The molecular weight excluding hydrogens is 316 g/mol. The van der Waals surface area contributed by atoms with Crippen LogP contribution in [0.5, 0.6) is 0 Å². The molecule has 2 amide bonds. The lowest BCUT2D eigenvalue weighted by Gasteiger charge is -2.12. The van der Waals surface area contributed by atoms with E-state index < -0.39 is 0 Å². The van der Waals surface area contributed by atoms with Crippen molar-refractivity contribution in [1.29, 1.82) is 0 Å². The van der Waals surface area contributed by atoms with Crippen LogP contribution in [0.3, 0.4) is 0 Å². The number of likely N-dealkylation sites (N-methyl/N-ethyl adjacent to an activating group) is 1. The topological polar surface area (TPSA) is 92.5 Å². The second kappa shape index (κ2) is 6.95. The molecule has 2 aromatic rings. The van der Waals surface area contributed by atoms with Gasteiger partial charge in [0, 0.05) is 31.0 Å². The predicted octanol–water partition coefficient (Wildman–Crippen LogP) is 0.210. The van der Waals surface area contributed by atoms with E-state index in [4.69, 9.17) is 0 Å². The normalized spacial score (nSPS) is 10.8. The van der Waals surface area contributed by atoms with Crippen LogP contribution < -0.4 is 5.32 Å². The van der Waals surface area contributed by atoms with Crippen LogP contribution >= 0.6 is 11.8 Å². The van der Waals surface area contributed by atoms with Crippen molar-refractivity contribution in [2.45, 2.75) is 25.4 Å². The Hall–Kier alpha value is -2.16. The second-order valence-corrected chi connectivity index (χ2v) is 6.09. The molecule has 1 N–H and O–H groups in total. The fourth-order valence-corrected chi connectivity index (χ4v) is 2.42. The molecule has 0 aliphatic heterocycles. The maximum absolute atomic E-state index is 12.1. The smallest absolute Gasteiger partial charge is 0.253 e. The van der Waals surface area contributed by atoms with E-state index in [9.17, 15) is 9.59 Å². The molecule has 0 aliphatic rings. The molecule has 0 fully saturated rings. The van der Waals surface area contributed by atoms with Gasteiger partial charge < -0.3 is 10.2 Å². The zero-order valence-corrected chi connectivity index (χ0v) is 14.7. The first-order chi connectivity index (χ1) is 10.8. The van der Waals surface area contributed by atoms with Gasteiger partial charge in [0.2, 0.25) is 17.0 Å². The third-order valence-electron chi connectivity index (χ3n) is 3.49. The van der Waals surface area contributed by atoms with Crippen LogP contribution in [-0.4, -0.2) is 63.2 Å². The first kappa shape index (κ1) is 17.2. The molecule has 124 valence electrons. The highest BCUT2D eigenvalue weighted by atomic mass is 32.2. The van der Waals surface area contributed by atoms with Crippen LogP contribution in [0, 0.1) is 13.8 Å². The summed E-state index contributed by atoms with van der Waals surface area (Å²) < 4.78 is 1.65. The molecule has 0 saturated carbocycles. The minimum absolute atomic E-state index is 0.0143. The van der Waals surface area contributed by atoms with Crippen LogP contribution in [0.4, 0.5) is 0 Å². The van der Waals surface area contributed by atoms with E-state index in [1.54, 1.807) is 18.6 Å². The quantitative estimate of drug-likeness (QED) is 0.785. The van der Waals surface area contributed by atoms with Crippen LogP contribution in [0.25, 0.3) is 5.78 Å². The van der Waals surface area contributed by atoms with Crippen LogP contribution in [-0.2, 0) is 16.0 Å². The Morgan fingerprint density at radius 3 is 2.57 bits per heavy atom. The summed E-state index contributed by atoms with van der Waals surface area (Å²) in [5, 5.41) is 7.61. The number of fused-ring (bicyclic) bond motifs is 1. The number of nitrogens with zero attached hydrogens (tertiary/aromatic N) is 5. The van der Waals surface area contributed by atoms with Gasteiger partial charge in [-0.3, -0.25) is 9.59 Å². The first-order valence-electron chi connectivity index (χ1n) is 7.07. The van der Waals surface area contributed by atoms with Gasteiger partial charge in [-0.2, -0.15) is 4.98 Å². The number of hydrogen-bond acceptors (Lipinski definition) is 6. The van der Waals surface area contributed by atoms with Crippen molar-refractivity contribution in [2.75, 3.05) is 26.9 Å². The lowest BCUT2D eigenvalue weighted by Crippen LogP contribution is -2.37. The molecular formula is C14H20N6O2S. The third kappa shape index (κ3) is 3.79. The lowest BCUT2D eigenvalue weighted by atomic mass is 10.1. The van der Waals surface area contributed by atoms with Crippen LogP contribution in [0.2, 0.25) is 0 Å². The van der Waals surface area contributed by atoms with E-state index >= 15 is 0 Å². The number of thioether (sulfide) groups is 1. The maximum atomic E-state index is 12.1. The number of carbonyl (C=O) groups excluding carboxylic acids is 2. The van der Waals surface area contributed by atoms with Gasteiger partial charge in [0.05, 0.1) is 13.0 Å². The molecule has 0 saturated heterocycles. The van der Waals surface area contributed by atoms with Gasteiger partial charge in [-0.25, -0.2) is 9.50 Å². The monoisotopic (exact) mass is 336 g/mol. The van der Waals surface area contributed by atoms with Crippen molar-refractivity contribution in [3.8, 4) is 0 Å². The Kier molecular flexibility index (Phi) is 5.19. The van der Waals surface area contributed by atoms with Gasteiger partial charge in [-0.15, -0.1) is 5.10 Å². The Bertz CT molecular complexity index is 755. The highest BCUT2D eigenvalue weighted by Gasteiger charge is 2.16. The summed E-state index contributed by atoms with van der Waals surface area (Å²) in [5.41, 5.74) is 2.36. The van der Waals surface area contributed by atoms with Gasteiger partial charge in [-0.1, -0.05) is 11.8 Å². The molecule has 0 bridgehead atoms. The Morgan fingerprint density at radius 2 is 1.96 bits per heavy atom. The molecule has 0 spiro atoms. The van der Waals surface area contributed by atoms with Crippen molar-refractivity contribution in [3.63, 3.8) is 0 Å². The highest BCUT2D eigenvalue weighted by molar-refractivity contribution is 7.98. The zero-order chi connectivity index (χ0) is 17.1. The van der Waals surface area contributed by atoms with Crippen molar-refractivity contribution in [1.82, 2.24) is 29.8 Å². The number of amides is 2. The molecule has 2 rings (SSSR count). The molecule has 0 unspecified atom stereocenters. The summed E-state index contributed by atoms with van der Waals surface area (Å²) in [7, 11) is 3.29. The summed E-state index contributed by atoms with van der Waals surface area (Å²) in [4.78, 5) is 33.7. The van der Waals surface area contributed by atoms with E-state index in [0.717, 1.165) is 17.0 Å². The second-order valence-electron chi connectivity index (χ2n) is 5.31. The Balaban J connectivity index is 2.19. The maximum Gasteiger partial charge on any atom is 0.253 e. The Labute approximate surface area is 138 Å². The molecule has 2 heterocycles. The van der Waals surface area contributed by atoms with Crippen molar-refractivity contribution in [3.05, 3.63) is 17.0 Å². The predicted molar refractivity (Wildman–Crippen MR) is 87.4 cm³/mol. The third-order valence-corrected chi connectivity index (χ3v) is 4.02. The molecule has 9 heteroatoms. The molecule has 0 atom stereocenters. The lowest BCUT2D eigenvalue weighted by molar-refractivity contribution is -0.130. The summed E-state index contributed by atoms with van der Waals surface area (Å²) in [6, 6.07) is 0. The average molecular weight is 336 g/mol. The minimum atomic E-state index is -0.224. The van der Waals surface area contributed by atoms with E-state index in [1.807, 2.05) is 20.1 Å². The zero-order valence-electron chi connectivity index (χ0n) is 13.9. The van der Waals surface area contributed by atoms with Gasteiger partial charge in [0.15, 0.2) is 0 Å². The number of carbonyl (C=O) groups is 2. The van der Waals surface area contributed by atoms with Gasteiger partial charge >= 0.3 is 0 Å². The molecule has 8 nitrogen and oxygen atoms in total. The van der Waals surface area contributed by atoms with Crippen LogP contribution in [0.1, 0.15) is 17.0 Å². The fraction of sp³-hybridized carbons (Fsp3) is 0.500.